The molecule has 6 nitrogen and oxygen atoms in total. The Bertz CT molecular complexity index is 527. The summed E-state index contributed by atoms with van der Waals surface area (Å²) in [7, 11) is 0. The van der Waals surface area contributed by atoms with Crippen LogP contribution in [0, 0.1) is 6.92 Å². The first-order chi connectivity index (χ1) is 9.58. The average Bonchev–Trinajstić information content (AvgIpc) is 3.02. The topological polar surface area (TPSA) is 60.6 Å². The molecule has 2 heterocycles. The molecule has 0 saturated carbocycles. The van der Waals surface area contributed by atoms with Gasteiger partial charge in [0.05, 0.1) is 6.54 Å². The molecule has 20 heavy (non-hydrogen) atoms. The Morgan fingerprint density at radius 3 is 2.75 bits per heavy atom. The van der Waals surface area contributed by atoms with Gasteiger partial charge < -0.3 is 14.5 Å². The molecule has 0 spiro atoms. The van der Waals surface area contributed by atoms with Crippen LogP contribution in [0.3, 0.4) is 0 Å². The van der Waals surface area contributed by atoms with Gasteiger partial charge in [0.2, 0.25) is 0 Å². The summed E-state index contributed by atoms with van der Waals surface area (Å²) in [6.07, 6.45) is 6.73. The van der Waals surface area contributed by atoms with Crippen LogP contribution in [0.15, 0.2) is 18.7 Å². The van der Waals surface area contributed by atoms with E-state index in [1.165, 1.54) is 0 Å². The molecule has 0 saturated heterocycles. The predicted molar refractivity (Wildman–Crippen MR) is 78.3 cm³/mol. The summed E-state index contributed by atoms with van der Waals surface area (Å²) >= 11 is 0. The fraction of sp³-hybridized carbons (Fsp3) is 0.643. The quantitative estimate of drug-likeness (QED) is 0.839. The molecule has 1 unspecified atom stereocenters. The summed E-state index contributed by atoms with van der Waals surface area (Å²) in [5.74, 6) is 2.06. The first-order valence-corrected chi connectivity index (χ1v) is 7.17. The number of nitrogens with one attached hydrogen (secondary N) is 1. The molecule has 6 heteroatoms. The third-order valence-corrected chi connectivity index (χ3v) is 3.54. The number of rotatable bonds is 7. The molecule has 0 aromatic carbocycles. The van der Waals surface area contributed by atoms with Crippen LogP contribution in [0.1, 0.15) is 44.9 Å². The number of hydrogen-bond donors (Lipinski definition) is 1. The van der Waals surface area contributed by atoms with Gasteiger partial charge in [-0.3, -0.25) is 0 Å². The predicted octanol–water partition coefficient (Wildman–Crippen LogP) is 1.93. The molecule has 0 aliphatic rings. The molecule has 0 aliphatic heterocycles. The second kappa shape index (κ2) is 6.65. The van der Waals surface area contributed by atoms with E-state index >= 15 is 0 Å². The first-order valence-electron chi connectivity index (χ1n) is 7.17. The molecule has 2 aromatic rings. The van der Waals surface area contributed by atoms with Crippen molar-refractivity contribution >= 4 is 0 Å². The second-order valence-corrected chi connectivity index (χ2v) is 5.49. The lowest BCUT2D eigenvalue weighted by Gasteiger charge is -2.16. The average molecular weight is 276 g/mol. The summed E-state index contributed by atoms with van der Waals surface area (Å²) in [5, 5.41) is 11.7. The minimum absolute atomic E-state index is 0.394. The zero-order valence-electron chi connectivity index (χ0n) is 12.7. The maximum Gasteiger partial charge on any atom is 0.147 e. The summed E-state index contributed by atoms with van der Waals surface area (Å²) in [6, 6.07) is 0.819. The Labute approximate surface area is 120 Å². The van der Waals surface area contributed by atoms with Crippen LogP contribution < -0.4 is 5.32 Å². The normalized spacial score (nSPS) is 13.1. The Kier molecular flexibility index (Phi) is 4.89. The highest BCUT2D eigenvalue weighted by molar-refractivity contribution is 4.90. The number of imidazole rings is 1. The van der Waals surface area contributed by atoms with Gasteiger partial charge in [0.1, 0.15) is 18.0 Å². The van der Waals surface area contributed by atoms with E-state index in [0.29, 0.717) is 12.1 Å². The van der Waals surface area contributed by atoms with Crippen LogP contribution in [0.25, 0.3) is 0 Å². The standard InChI is InChI=1S/C14H24N6/c1-11(2)20-10-17-18-14(20)9-16-12(3)5-7-19-8-6-15-13(19)4/h6,8,10-12,16H,5,7,9H2,1-4H3. The highest BCUT2D eigenvalue weighted by Crippen LogP contribution is 2.07. The van der Waals surface area contributed by atoms with Gasteiger partial charge in [0.15, 0.2) is 0 Å². The van der Waals surface area contributed by atoms with Crippen LogP contribution in [-0.2, 0) is 13.1 Å². The number of nitrogens with zero attached hydrogens (tertiary/aromatic N) is 5. The fourth-order valence-corrected chi connectivity index (χ4v) is 2.16. The zero-order chi connectivity index (χ0) is 14.5. The van der Waals surface area contributed by atoms with E-state index in [-0.39, 0.29) is 0 Å². The molecular formula is C14H24N6. The van der Waals surface area contributed by atoms with E-state index < -0.39 is 0 Å². The molecule has 0 aliphatic carbocycles. The van der Waals surface area contributed by atoms with Gasteiger partial charge in [0.25, 0.3) is 0 Å². The van der Waals surface area contributed by atoms with Crippen LogP contribution in [0.4, 0.5) is 0 Å². The molecule has 1 N–H and O–H groups in total. The Hall–Kier alpha value is -1.69. The summed E-state index contributed by atoms with van der Waals surface area (Å²) in [5.41, 5.74) is 0. The van der Waals surface area contributed by atoms with Gasteiger partial charge in [-0.1, -0.05) is 0 Å². The van der Waals surface area contributed by atoms with E-state index in [1.54, 1.807) is 6.33 Å². The smallest absolute Gasteiger partial charge is 0.147 e. The molecule has 0 bridgehead atoms. The van der Waals surface area contributed by atoms with Crippen LogP contribution >= 0.6 is 0 Å². The molecule has 0 radical (unpaired) electrons. The maximum atomic E-state index is 4.23. The number of hydrogen-bond acceptors (Lipinski definition) is 4. The van der Waals surface area contributed by atoms with Crippen molar-refractivity contribution in [1.82, 2.24) is 29.6 Å². The monoisotopic (exact) mass is 276 g/mol. The zero-order valence-corrected chi connectivity index (χ0v) is 12.7. The highest BCUT2D eigenvalue weighted by Gasteiger charge is 2.09. The SMILES string of the molecule is Cc1nccn1CCC(C)NCc1nncn1C(C)C. The van der Waals surface area contributed by atoms with E-state index in [2.05, 4.69) is 50.4 Å². The molecule has 1 atom stereocenters. The van der Waals surface area contributed by atoms with Gasteiger partial charge in [-0.05, 0) is 34.1 Å². The molecule has 0 fully saturated rings. The molecule has 110 valence electrons. The van der Waals surface area contributed by atoms with Gasteiger partial charge >= 0.3 is 0 Å². The van der Waals surface area contributed by atoms with Crippen LogP contribution in [-0.4, -0.2) is 30.4 Å². The van der Waals surface area contributed by atoms with E-state index in [0.717, 1.165) is 31.2 Å². The van der Waals surface area contributed by atoms with Crippen molar-refractivity contribution in [3.05, 3.63) is 30.4 Å². The Balaban J connectivity index is 1.79. The lowest BCUT2D eigenvalue weighted by atomic mass is 10.2. The molecule has 0 amide bonds. The van der Waals surface area contributed by atoms with Crippen molar-refractivity contribution in [3.8, 4) is 0 Å². The minimum Gasteiger partial charge on any atom is -0.335 e. The Morgan fingerprint density at radius 1 is 1.30 bits per heavy atom. The summed E-state index contributed by atoms with van der Waals surface area (Å²) < 4.78 is 4.27. The fourth-order valence-electron chi connectivity index (χ4n) is 2.16. The summed E-state index contributed by atoms with van der Waals surface area (Å²) in [4.78, 5) is 4.23. The van der Waals surface area contributed by atoms with Crippen molar-refractivity contribution in [1.29, 1.82) is 0 Å². The van der Waals surface area contributed by atoms with Crippen molar-refractivity contribution in [2.24, 2.45) is 0 Å². The largest absolute Gasteiger partial charge is 0.335 e. The van der Waals surface area contributed by atoms with Crippen molar-refractivity contribution in [2.45, 2.75) is 59.3 Å². The Morgan fingerprint density at radius 2 is 2.10 bits per heavy atom. The molecule has 2 rings (SSSR count). The molecule has 2 aromatic heterocycles. The van der Waals surface area contributed by atoms with Gasteiger partial charge in [-0.2, -0.15) is 0 Å². The second-order valence-electron chi connectivity index (χ2n) is 5.49. The van der Waals surface area contributed by atoms with E-state index in [1.807, 2.05) is 19.3 Å². The first kappa shape index (κ1) is 14.7. The van der Waals surface area contributed by atoms with Gasteiger partial charge in [0, 0.05) is 31.0 Å². The van der Waals surface area contributed by atoms with Crippen molar-refractivity contribution in [3.63, 3.8) is 0 Å². The molecular weight excluding hydrogens is 252 g/mol. The van der Waals surface area contributed by atoms with Gasteiger partial charge in [-0.25, -0.2) is 4.98 Å². The highest BCUT2D eigenvalue weighted by atomic mass is 15.3. The maximum absolute atomic E-state index is 4.23. The van der Waals surface area contributed by atoms with Crippen LogP contribution in [0.2, 0.25) is 0 Å². The number of aromatic nitrogens is 5. The van der Waals surface area contributed by atoms with Gasteiger partial charge in [-0.15, -0.1) is 10.2 Å². The minimum atomic E-state index is 0.394. The van der Waals surface area contributed by atoms with E-state index in [9.17, 15) is 0 Å². The lowest BCUT2D eigenvalue weighted by molar-refractivity contribution is 0.452. The summed E-state index contributed by atoms with van der Waals surface area (Å²) in [6.45, 7) is 10.2. The third-order valence-electron chi connectivity index (χ3n) is 3.54. The van der Waals surface area contributed by atoms with E-state index in [4.69, 9.17) is 0 Å². The van der Waals surface area contributed by atoms with Crippen molar-refractivity contribution in [2.75, 3.05) is 0 Å². The number of aryl methyl sites for hydroxylation is 2. The third kappa shape index (κ3) is 3.66. The van der Waals surface area contributed by atoms with Crippen LogP contribution in [0.5, 0.6) is 0 Å². The lowest BCUT2D eigenvalue weighted by Crippen LogP contribution is -2.28. The van der Waals surface area contributed by atoms with Crippen molar-refractivity contribution < 1.29 is 0 Å².